The van der Waals surface area contributed by atoms with Gasteiger partial charge in [-0.2, -0.15) is 0 Å². The molecule has 2 aromatic carbocycles. The number of halogens is 2. The SMILES string of the molecule is CNS(=O)(=O)c1cccc(C(=O)Nc2ccc(Br)c(Cl)c2)c1. The van der Waals surface area contributed by atoms with Gasteiger partial charge in [0.2, 0.25) is 10.0 Å². The van der Waals surface area contributed by atoms with Crippen molar-refractivity contribution in [2.75, 3.05) is 12.4 Å². The zero-order valence-corrected chi connectivity index (χ0v) is 14.6. The minimum Gasteiger partial charge on any atom is -0.322 e. The number of amides is 1. The average Bonchev–Trinajstić information content (AvgIpc) is 2.51. The number of benzene rings is 2. The first kappa shape index (κ1) is 17.0. The van der Waals surface area contributed by atoms with E-state index in [1.807, 2.05) is 0 Å². The number of carbonyl (C=O) groups is 1. The van der Waals surface area contributed by atoms with Gasteiger partial charge in [0.05, 0.1) is 9.92 Å². The van der Waals surface area contributed by atoms with E-state index in [0.717, 1.165) is 0 Å². The van der Waals surface area contributed by atoms with E-state index in [-0.39, 0.29) is 10.5 Å². The lowest BCUT2D eigenvalue weighted by Gasteiger charge is -2.08. The highest BCUT2D eigenvalue weighted by Crippen LogP contribution is 2.25. The summed E-state index contributed by atoms with van der Waals surface area (Å²) >= 11 is 9.22. The maximum Gasteiger partial charge on any atom is 0.255 e. The maximum atomic E-state index is 12.2. The molecule has 0 aliphatic rings. The smallest absolute Gasteiger partial charge is 0.255 e. The van der Waals surface area contributed by atoms with Crippen molar-refractivity contribution in [2.24, 2.45) is 0 Å². The summed E-state index contributed by atoms with van der Waals surface area (Å²) in [6.07, 6.45) is 0. The van der Waals surface area contributed by atoms with Gasteiger partial charge < -0.3 is 5.32 Å². The molecule has 0 heterocycles. The van der Waals surface area contributed by atoms with Crippen LogP contribution in [0, 0.1) is 0 Å². The summed E-state index contributed by atoms with van der Waals surface area (Å²) in [5.74, 6) is -0.424. The fourth-order valence-corrected chi connectivity index (χ4v) is 2.90. The third-order valence-corrected chi connectivity index (χ3v) is 5.50. The second-order valence-electron chi connectivity index (χ2n) is 4.32. The van der Waals surface area contributed by atoms with Crippen molar-refractivity contribution in [3.8, 4) is 0 Å². The summed E-state index contributed by atoms with van der Waals surface area (Å²) in [6, 6.07) is 10.7. The lowest BCUT2D eigenvalue weighted by Crippen LogP contribution is -2.19. The molecule has 0 spiro atoms. The van der Waals surface area contributed by atoms with Crippen molar-refractivity contribution in [2.45, 2.75) is 4.90 Å². The largest absolute Gasteiger partial charge is 0.322 e. The van der Waals surface area contributed by atoms with Crippen LogP contribution in [0.15, 0.2) is 51.8 Å². The molecule has 0 aliphatic carbocycles. The molecule has 0 saturated carbocycles. The van der Waals surface area contributed by atoms with E-state index in [1.165, 1.54) is 31.3 Å². The standard InChI is InChI=1S/C14H12BrClN2O3S/c1-17-22(20,21)11-4-2-3-9(7-11)14(19)18-10-5-6-12(15)13(16)8-10/h2-8,17H,1H3,(H,18,19). The van der Waals surface area contributed by atoms with Gasteiger partial charge in [-0.05, 0) is 59.4 Å². The lowest BCUT2D eigenvalue weighted by atomic mass is 10.2. The minimum absolute atomic E-state index is 0.0245. The minimum atomic E-state index is -3.60. The number of rotatable bonds is 4. The zero-order chi connectivity index (χ0) is 16.3. The van der Waals surface area contributed by atoms with E-state index in [0.29, 0.717) is 15.2 Å². The van der Waals surface area contributed by atoms with Crippen LogP contribution in [0.1, 0.15) is 10.4 Å². The summed E-state index contributed by atoms with van der Waals surface area (Å²) < 4.78 is 26.4. The number of sulfonamides is 1. The van der Waals surface area contributed by atoms with Gasteiger partial charge >= 0.3 is 0 Å². The van der Waals surface area contributed by atoms with Gasteiger partial charge in [0.1, 0.15) is 0 Å². The Labute approximate surface area is 141 Å². The summed E-state index contributed by atoms with van der Waals surface area (Å²) in [7, 11) is -2.29. The third kappa shape index (κ3) is 3.86. The highest BCUT2D eigenvalue weighted by molar-refractivity contribution is 9.10. The number of anilines is 1. The quantitative estimate of drug-likeness (QED) is 0.823. The van der Waals surface area contributed by atoms with Crippen molar-refractivity contribution in [1.82, 2.24) is 4.72 Å². The summed E-state index contributed by atoms with van der Waals surface area (Å²) in [6.45, 7) is 0. The molecule has 0 bridgehead atoms. The second-order valence-corrected chi connectivity index (χ2v) is 7.47. The van der Waals surface area contributed by atoms with Gasteiger partial charge in [-0.1, -0.05) is 17.7 Å². The van der Waals surface area contributed by atoms with Crippen LogP contribution >= 0.6 is 27.5 Å². The van der Waals surface area contributed by atoms with Crippen LogP contribution < -0.4 is 10.0 Å². The van der Waals surface area contributed by atoms with E-state index in [4.69, 9.17) is 11.6 Å². The molecular weight excluding hydrogens is 392 g/mol. The number of carbonyl (C=O) groups excluding carboxylic acids is 1. The Hall–Kier alpha value is -1.41. The zero-order valence-electron chi connectivity index (χ0n) is 11.4. The molecule has 116 valence electrons. The molecule has 8 heteroatoms. The molecule has 2 N–H and O–H groups in total. The number of nitrogens with one attached hydrogen (secondary N) is 2. The Kier molecular flexibility index (Phi) is 5.23. The predicted octanol–water partition coefficient (Wildman–Crippen LogP) is 3.26. The fraction of sp³-hybridized carbons (Fsp3) is 0.0714. The molecule has 2 aromatic rings. The Morgan fingerprint density at radius 1 is 1.18 bits per heavy atom. The van der Waals surface area contributed by atoms with Crippen molar-refractivity contribution < 1.29 is 13.2 Å². The number of hydrogen-bond acceptors (Lipinski definition) is 3. The first-order valence-electron chi connectivity index (χ1n) is 6.13. The monoisotopic (exact) mass is 402 g/mol. The van der Waals surface area contributed by atoms with Gasteiger partial charge in [-0.3, -0.25) is 4.79 Å². The van der Waals surface area contributed by atoms with Crippen LogP contribution in [0.3, 0.4) is 0 Å². The molecule has 0 atom stereocenters. The lowest BCUT2D eigenvalue weighted by molar-refractivity contribution is 0.102. The van der Waals surface area contributed by atoms with Gasteiger partial charge in [0, 0.05) is 15.7 Å². The van der Waals surface area contributed by atoms with Crippen LogP contribution in [-0.4, -0.2) is 21.4 Å². The highest BCUT2D eigenvalue weighted by atomic mass is 79.9. The van der Waals surface area contributed by atoms with Crippen LogP contribution in [0.25, 0.3) is 0 Å². The van der Waals surface area contributed by atoms with Crippen LogP contribution in [0.4, 0.5) is 5.69 Å². The van der Waals surface area contributed by atoms with Gasteiger partial charge in [-0.15, -0.1) is 0 Å². The van der Waals surface area contributed by atoms with Crippen molar-refractivity contribution in [3.05, 3.63) is 57.5 Å². The van der Waals surface area contributed by atoms with E-state index in [2.05, 4.69) is 26.0 Å². The maximum absolute atomic E-state index is 12.2. The molecule has 22 heavy (non-hydrogen) atoms. The number of hydrogen-bond donors (Lipinski definition) is 2. The molecule has 0 radical (unpaired) electrons. The molecule has 0 unspecified atom stereocenters. The highest BCUT2D eigenvalue weighted by Gasteiger charge is 2.14. The Morgan fingerprint density at radius 2 is 1.91 bits per heavy atom. The summed E-state index contributed by atoms with van der Waals surface area (Å²) in [5, 5.41) is 3.13. The summed E-state index contributed by atoms with van der Waals surface area (Å²) in [5.41, 5.74) is 0.746. The van der Waals surface area contributed by atoms with Crippen molar-refractivity contribution in [1.29, 1.82) is 0 Å². The molecular formula is C14H12BrClN2O3S. The van der Waals surface area contributed by atoms with Gasteiger partial charge in [-0.25, -0.2) is 13.1 Å². The Morgan fingerprint density at radius 3 is 2.55 bits per heavy atom. The normalized spacial score (nSPS) is 11.2. The van der Waals surface area contributed by atoms with E-state index >= 15 is 0 Å². The van der Waals surface area contributed by atoms with E-state index in [1.54, 1.807) is 18.2 Å². The first-order chi connectivity index (χ1) is 10.3. The van der Waals surface area contributed by atoms with Crippen LogP contribution in [-0.2, 0) is 10.0 Å². The van der Waals surface area contributed by atoms with E-state index < -0.39 is 15.9 Å². The summed E-state index contributed by atoms with van der Waals surface area (Å²) in [4.78, 5) is 12.2. The Balaban J connectivity index is 2.26. The topological polar surface area (TPSA) is 75.3 Å². The van der Waals surface area contributed by atoms with Crippen LogP contribution in [0.5, 0.6) is 0 Å². The van der Waals surface area contributed by atoms with Gasteiger partial charge in [0.25, 0.3) is 5.91 Å². The fourth-order valence-electron chi connectivity index (χ4n) is 1.70. The average molecular weight is 404 g/mol. The Bertz CT molecular complexity index is 825. The van der Waals surface area contributed by atoms with Gasteiger partial charge in [0.15, 0.2) is 0 Å². The van der Waals surface area contributed by atoms with E-state index in [9.17, 15) is 13.2 Å². The third-order valence-electron chi connectivity index (χ3n) is 2.85. The molecule has 0 aromatic heterocycles. The molecule has 0 fully saturated rings. The molecule has 2 rings (SSSR count). The molecule has 0 saturated heterocycles. The predicted molar refractivity (Wildman–Crippen MR) is 89.8 cm³/mol. The van der Waals surface area contributed by atoms with Crippen molar-refractivity contribution >= 4 is 49.1 Å². The first-order valence-corrected chi connectivity index (χ1v) is 8.79. The molecule has 5 nitrogen and oxygen atoms in total. The molecule has 1 amide bonds. The van der Waals surface area contributed by atoms with Crippen LogP contribution in [0.2, 0.25) is 5.02 Å². The molecule has 0 aliphatic heterocycles. The second kappa shape index (κ2) is 6.78. The van der Waals surface area contributed by atoms with Crippen molar-refractivity contribution in [3.63, 3.8) is 0 Å².